The third-order valence-electron chi connectivity index (χ3n) is 4.91. The number of fused-ring (bicyclic) bond motifs is 1. The average Bonchev–Trinajstić information content (AvgIpc) is 2.55. The van der Waals surface area contributed by atoms with E-state index in [0.29, 0.717) is 5.92 Å². The lowest BCUT2D eigenvalue weighted by atomic mass is 9.78. The predicted molar refractivity (Wildman–Crippen MR) is 89.4 cm³/mol. The van der Waals surface area contributed by atoms with Crippen LogP contribution in [0.5, 0.6) is 0 Å². The van der Waals surface area contributed by atoms with E-state index in [2.05, 4.69) is 29.0 Å². The van der Waals surface area contributed by atoms with Crippen LogP contribution in [0.3, 0.4) is 0 Å². The van der Waals surface area contributed by atoms with Crippen molar-refractivity contribution in [1.29, 1.82) is 0 Å². The van der Waals surface area contributed by atoms with Gasteiger partial charge in [-0.15, -0.1) is 0 Å². The van der Waals surface area contributed by atoms with Crippen molar-refractivity contribution in [2.45, 2.75) is 58.3 Å². The van der Waals surface area contributed by atoms with E-state index in [9.17, 15) is 4.79 Å². The highest BCUT2D eigenvalue weighted by molar-refractivity contribution is 5.40. The maximum Gasteiger partial charge on any atom is 0.251 e. The lowest BCUT2D eigenvalue weighted by molar-refractivity contribution is 0.572. The molecule has 3 heteroatoms. The highest BCUT2D eigenvalue weighted by Crippen LogP contribution is 2.34. The third-order valence-corrected chi connectivity index (χ3v) is 4.91. The van der Waals surface area contributed by atoms with E-state index in [-0.39, 0.29) is 5.56 Å². The SMILES string of the molecule is CCCCc1c2c(c(C)[nH]c1=O)CC(c1ccncc1)CC2. The number of pyridine rings is 2. The Hall–Kier alpha value is -1.90. The lowest BCUT2D eigenvalue weighted by Crippen LogP contribution is -2.24. The molecular formula is C19H24N2O. The van der Waals surface area contributed by atoms with Gasteiger partial charge in [0.05, 0.1) is 0 Å². The van der Waals surface area contributed by atoms with Crippen molar-refractivity contribution in [2.24, 2.45) is 0 Å². The number of aromatic nitrogens is 2. The lowest BCUT2D eigenvalue weighted by Gasteiger charge is -2.27. The zero-order chi connectivity index (χ0) is 15.5. The Morgan fingerprint density at radius 1 is 1.27 bits per heavy atom. The van der Waals surface area contributed by atoms with E-state index in [1.807, 2.05) is 19.3 Å². The van der Waals surface area contributed by atoms with E-state index in [1.54, 1.807) is 0 Å². The van der Waals surface area contributed by atoms with Gasteiger partial charge in [0.25, 0.3) is 5.56 Å². The number of hydrogen-bond donors (Lipinski definition) is 1. The van der Waals surface area contributed by atoms with Gasteiger partial charge in [0.1, 0.15) is 0 Å². The van der Waals surface area contributed by atoms with E-state index in [4.69, 9.17) is 0 Å². The maximum atomic E-state index is 12.3. The molecule has 0 saturated heterocycles. The van der Waals surface area contributed by atoms with Gasteiger partial charge < -0.3 is 4.98 Å². The number of hydrogen-bond acceptors (Lipinski definition) is 2. The molecule has 0 fully saturated rings. The average molecular weight is 296 g/mol. The van der Waals surface area contributed by atoms with Gasteiger partial charge in [-0.3, -0.25) is 9.78 Å². The van der Waals surface area contributed by atoms with Crippen LogP contribution in [0.2, 0.25) is 0 Å². The van der Waals surface area contributed by atoms with Crippen molar-refractivity contribution in [3.63, 3.8) is 0 Å². The van der Waals surface area contributed by atoms with Crippen molar-refractivity contribution in [3.05, 3.63) is 62.8 Å². The monoisotopic (exact) mass is 296 g/mol. The fourth-order valence-corrected chi connectivity index (χ4v) is 3.65. The van der Waals surface area contributed by atoms with E-state index in [1.165, 1.54) is 16.7 Å². The summed E-state index contributed by atoms with van der Waals surface area (Å²) < 4.78 is 0. The number of rotatable bonds is 4. The van der Waals surface area contributed by atoms with Gasteiger partial charge in [0, 0.05) is 23.7 Å². The Balaban J connectivity index is 1.96. The summed E-state index contributed by atoms with van der Waals surface area (Å²) in [6.07, 6.45) is 10.0. The molecule has 0 amide bonds. The Bertz CT molecular complexity index is 703. The van der Waals surface area contributed by atoms with Gasteiger partial charge >= 0.3 is 0 Å². The summed E-state index contributed by atoms with van der Waals surface area (Å²) in [6, 6.07) is 4.24. The Kier molecular flexibility index (Phi) is 4.41. The van der Waals surface area contributed by atoms with E-state index >= 15 is 0 Å². The Morgan fingerprint density at radius 3 is 2.77 bits per heavy atom. The first kappa shape index (κ1) is 15.0. The first-order valence-corrected chi connectivity index (χ1v) is 8.34. The molecule has 2 aromatic heterocycles. The van der Waals surface area contributed by atoms with Gasteiger partial charge in [-0.1, -0.05) is 13.3 Å². The summed E-state index contributed by atoms with van der Waals surface area (Å²) in [6.45, 7) is 4.22. The van der Waals surface area contributed by atoms with E-state index in [0.717, 1.165) is 49.8 Å². The first-order chi connectivity index (χ1) is 10.7. The molecule has 3 nitrogen and oxygen atoms in total. The minimum Gasteiger partial charge on any atom is -0.326 e. The largest absolute Gasteiger partial charge is 0.326 e. The van der Waals surface area contributed by atoms with Crippen molar-refractivity contribution >= 4 is 0 Å². The fourth-order valence-electron chi connectivity index (χ4n) is 3.65. The molecule has 2 heterocycles. The summed E-state index contributed by atoms with van der Waals surface area (Å²) in [5.41, 5.74) is 6.29. The van der Waals surface area contributed by atoms with Gasteiger partial charge in [0.15, 0.2) is 0 Å². The molecule has 0 spiro atoms. The smallest absolute Gasteiger partial charge is 0.251 e. The van der Waals surface area contributed by atoms with Crippen LogP contribution in [0, 0.1) is 6.92 Å². The summed E-state index contributed by atoms with van der Waals surface area (Å²) in [5, 5.41) is 0. The second-order valence-electron chi connectivity index (χ2n) is 6.34. The number of H-pyrrole nitrogens is 1. The van der Waals surface area contributed by atoms with Crippen LogP contribution < -0.4 is 5.56 Å². The molecular weight excluding hydrogens is 272 g/mol. The number of aromatic amines is 1. The number of aryl methyl sites for hydroxylation is 1. The van der Waals surface area contributed by atoms with Crippen LogP contribution in [0.1, 0.15) is 60.1 Å². The molecule has 0 radical (unpaired) electrons. The standard InChI is InChI=1S/C19H24N2O/c1-3-4-5-17-16-7-6-15(14-8-10-20-11-9-14)12-18(16)13(2)21-19(17)22/h8-11,15H,3-7,12H2,1-2H3,(H,21,22). The predicted octanol–water partition coefficient (Wildman–Crippen LogP) is 3.69. The van der Waals surface area contributed by atoms with Crippen molar-refractivity contribution < 1.29 is 0 Å². The van der Waals surface area contributed by atoms with Gasteiger partial charge in [-0.05, 0) is 73.8 Å². The topological polar surface area (TPSA) is 45.8 Å². The zero-order valence-electron chi connectivity index (χ0n) is 13.5. The second-order valence-corrected chi connectivity index (χ2v) is 6.34. The molecule has 1 aliphatic rings. The van der Waals surface area contributed by atoms with Crippen molar-refractivity contribution in [1.82, 2.24) is 9.97 Å². The molecule has 116 valence electrons. The molecule has 2 aromatic rings. The van der Waals surface area contributed by atoms with Crippen molar-refractivity contribution in [3.8, 4) is 0 Å². The Labute approximate surface area is 131 Å². The number of nitrogens with zero attached hydrogens (tertiary/aromatic N) is 1. The second kappa shape index (κ2) is 6.47. The quantitative estimate of drug-likeness (QED) is 0.935. The molecule has 0 aliphatic heterocycles. The van der Waals surface area contributed by atoms with Crippen LogP contribution in [0.15, 0.2) is 29.3 Å². The highest BCUT2D eigenvalue weighted by atomic mass is 16.1. The summed E-state index contributed by atoms with van der Waals surface area (Å²) in [4.78, 5) is 19.5. The summed E-state index contributed by atoms with van der Waals surface area (Å²) in [7, 11) is 0. The zero-order valence-corrected chi connectivity index (χ0v) is 13.5. The molecule has 3 rings (SSSR count). The van der Waals surface area contributed by atoms with Crippen LogP contribution >= 0.6 is 0 Å². The third kappa shape index (κ3) is 2.85. The minimum atomic E-state index is 0.132. The first-order valence-electron chi connectivity index (χ1n) is 8.34. The maximum absolute atomic E-state index is 12.3. The van der Waals surface area contributed by atoms with Crippen LogP contribution in [0.4, 0.5) is 0 Å². The molecule has 0 bridgehead atoms. The Morgan fingerprint density at radius 2 is 2.05 bits per heavy atom. The molecule has 22 heavy (non-hydrogen) atoms. The van der Waals surface area contributed by atoms with Crippen LogP contribution in [-0.4, -0.2) is 9.97 Å². The molecule has 0 saturated carbocycles. The minimum absolute atomic E-state index is 0.132. The molecule has 1 aliphatic carbocycles. The molecule has 1 N–H and O–H groups in total. The van der Waals surface area contributed by atoms with Crippen LogP contribution in [-0.2, 0) is 19.3 Å². The highest BCUT2D eigenvalue weighted by Gasteiger charge is 2.25. The summed E-state index contributed by atoms with van der Waals surface area (Å²) >= 11 is 0. The molecule has 1 unspecified atom stereocenters. The van der Waals surface area contributed by atoms with E-state index < -0.39 is 0 Å². The summed E-state index contributed by atoms with van der Waals surface area (Å²) in [5.74, 6) is 0.541. The van der Waals surface area contributed by atoms with Gasteiger partial charge in [-0.2, -0.15) is 0 Å². The van der Waals surface area contributed by atoms with Crippen molar-refractivity contribution in [2.75, 3.05) is 0 Å². The van der Waals surface area contributed by atoms with Crippen LogP contribution in [0.25, 0.3) is 0 Å². The molecule has 0 aromatic carbocycles. The normalized spacial score (nSPS) is 17.3. The molecule has 1 atom stereocenters. The number of unbranched alkanes of at least 4 members (excludes halogenated alkanes) is 1. The van der Waals surface area contributed by atoms with Gasteiger partial charge in [-0.25, -0.2) is 0 Å². The fraction of sp³-hybridized carbons (Fsp3) is 0.474. The van der Waals surface area contributed by atoms with Gasteiger partial charge in [0.2, 0.25) is 0 Å². The number of nitrogens with one attached hydrogen (secondary N) is 1.